The summed E-state index contributed by atoms with van der Waals surface area (Å²) in [6.45, 7) is 2.15. The molecule has 31 heavy (non-hydrogen) atoms. The number of ether oxygens (including phenoxy) is 2. The van der Waals surface area contributed by atoms with E-state index in [1.807, 2.05) is 13.0 Å². The maximum absolute atomic E-state index is 13.2. The fraction of sp³-hybridized carbons (Fsp3) is 0.300. The first-order valence-corrected chi connectivity index (χ1v) is 11.1. The van der Waals surface area contributed by atoms with Gasteiger partial charge in [0.05, 0.1) is 19.3 Å². The molecular weight excluding hydrogens is 579 g/mol. The molecule has 0 saturated heterocycles. The van der Waals surface area contributed by atoms with Crippen molar-refractivity contribution in [2.45, 2.75) is 19.6 Å². The van der Waals surface area contributed by atoms with E-state index in [0.717, 1.165) is 9.26 Å². The molecule has 0 aliphatic heterocycles. The molecule has 1 amide bonds. The van der Waals surface area contributed by atoms with Gasteiger partial charge in [0.2, 0.25) is 5.88 Å². The summed E-state index contributed by atoms with van der Waals surface area (Å²) in [6.07, 6.45) is 2.78. The average Bonchev–Trinajstić information content (AvgIpc) is 3.03. The first kappa shape index (κ1) is 23.3. The SMILES string of the molecule is COc1nn(C)c(CN(C)C(=O)c2ncccc2C(C)Oc2cc(I)cnc2N)c1Br. The molecule has 1 atom stereocenters. The van der Waals surface area contributed by atoms with Gasteiger partial charge in [0.15, 0.2) is 11.6 Å². The van der Waals surface area contributed by atoms with Crippen molar-refractivity contribution >= 4 is 50.2 Å². The summed E-state index contributed by atoms with van der Waals surface area (Å²) in [5.41, 5.74) is 7.69. The molecule has 0 spiro atoms. The summed E-state index contributed by atoms with van der Waals surface area (Å²) in [5, 5.41) is 4.28. The van der Waals surface area contributed by atoms with Crippen LogP contribution in [0, 0.1) is 3.57 Å². The normalized spacial score (nSPS) is 11.8. The number of rotatable bonds is 7. The zero-order valence-electron chi connectivity index (χ0n) is 17.5. The lowest BCUT2D eigenvalue weighted by molar-refractivity contribution is 0.0770. The number of amides is 1. The third-order valence-corrected chi connectivity index (χ3v) is 6.02. The van der Waals surface area contributed by atoms with E-state index in [2.05, 4.69) is 53.6 Å². The number of pyridine rings is 2. The second-order valence-electron chi connectivity index (χ2n) is 6.79. The number of anilines is 1. The lowest BCUT2D eigenvalue weighted by Crippen LogP contribution is -2.29. The summed E-state index contributed by atoms with van der Waals surface area (Å²) in [4.78, 5) is 23.3. The number of carbonyl (C=O) groups is 1. The summed E-state index contributed by atoms with van der Waals surface area (Å²) < 4.78 is 14.5. The van der Waals surface area contributed by atoms with Crippen molar-refractivity contribution < 1.29 is 14.3 Å². The van der Waals surface area contributed by atoms with Gasteiger partial charge in [-0.1, -0.05) is 6.07 Å². The fourth-order valence-electron chi connectivity index (χ4n) is 2.99. The van der Waals surface area contributed by atoms with Crippen molar-refractivity contribution in [3.8, 4) is 11.6 Å². The van der Waals surface area contributed by atoms with Gasteiger partial charge in [-0.15, -0.1) is 5.10 Å². The number of hydrogen-bond acceptors (Lipinski definition) is 7. The number of methoxy groups -OCH3 is 1. The minimum absolute atomic E-state index is 0.244. The van der Waals surface area contributed by atoms with Crippen molar-refractivity contribution in [3.05, 3.63) is 55.6 Å². The van der Waals surface area contributed by atoms with Crippen molar-refractivity contribution in [2.24, 2.45) is 7.05 Å². The van der Waals surface area contributed by atoms with Crippen molar-refractivity contribution in [1.82, 2.24) is 24.6 Å². The number of aromatic nitrogens is 4. The van der Waals surface area contributed by atoms with Crippen LogP contribution in [0.2, 0.25) is 0 Å². The third-order valence-electron chi connectivity index (χ3n) is 4.63. The van der Waals surface area contributed by atoms with E-state index < -0.39 is 6.10 Å². The molecule has 11 heteroatoms. The van der Waals surface area contributed by atoms with Crippen molar-refractivity contribution in [1.29, 1.82) is 0 Å². The summed E-state index contributed by atoms with van der Waals surface area (Å²) in [7, 11) is 5.05. The van der Waals surface area contributed by atoms with Crippen LogP contribution in [-0.2, 0) is 13.6 Å². The molecule has 9 nitrogen and oxygen atoms in total. The maximum Gasteiger partial charge on any atom is 0.272 e. The average molecular weight is 601 g/mol. The molecule has 0 bridgehead atoms. The van der Waals surface area contributed by atoms with Crippen LogP contribution in [-0.4, -0.2) is 44.7 Å². The Bertz CT molecular complexity index is 1110. The minimum Gasteiger partial charge on any atom is -0.482 e. The molecule has 0 fully saturated rings. The number of nitrogens with zero attached hydrogens (tertiary/aromatic N) is 5. The molecule has 0 radical (unpaired) electrons. The number of aryl methyl sites for hydroxylation is 1. The van der Waals surface area contributed by atoms with Gasteiger partial charge in [0.1, 0.15) is 16.3 Å². The summed E-state index contributed by atoms with van der Waals surface area (Å²) in [6, 6.07) is 5.39. The Hall–Kier alpha value is -2.41. The Morgan fingerprint density at radius 2 is 2.16 bits per heavy atom. The second-order valence-corrected chi connectivity index (χ2v) is 8.83. The molecule has 0 aliphatic rings. The van der Waals surface area contributed by atoms with E-state index >= 15 is 0 Å². The van der Waals surface area contributed by atoms with Gasteiger partial charge in [-0.3, -0.25) is 14.5 Å². The molecule has 3 heterocycles. The predicted molar refractivity (Wildman–Crippen MR) is 128 cm³/mol. The predicted octanol–water partition coefficient (Wildman–Crippen LogP) is 3.58. The molecule has 0 aliphatic carbocycles. The fourth-order valence-corrected chi connectivity index (χ4v) is 4.03. The zero-order chi connectivity index (χ0) is 22.7. The van der Waals surface area contributed by atoms with Crippen molar-refractivity contribution in [2.75, 3.05) is 19.9 Å². The van der Waals surface area contributed by atoms with Gasteiger partial charge in [-0.25, -0.2) is 4.98 Å². The lowest BCUT2D eigenvalue weighted by Gasteiger charge is -2.21. The summed E-state index contributed by atoms with van der Waals surface area (Å²) in [5.74, 6) is 0.964. The molecular formula is C20H22BrIN6O3. The highest BCUT2D eigenvalue weighted by Gasteiger charge is 2.24. The number of nitrogens with two attached hydrogens (primary N) is 1. The van der Waals surface area contributed by atoms with Crippen LogP contribution in [0.3, 0.4) is 0 Å². The molecule has 3 aromatic heterocycles. The van der Waals surface area contributed by atoms with Gasteiger partial charge >= 0.3 is 0 Å². The largest absolute Gasteiger partial charge is 0.482 e. The number of nitrogen functional groups attached to an aromatic ring is 1. The molecule has 0 aromatic carbocycles. The van der Waals surface area contributed by atoms with E-state index in [4.69, 9.17) is 15.2 Å². The van der Waals surface area contributed by atoms with Crippen LogP contribution in [0.1, 0.15) is 34.8 Å². The topological polar surface area (TPSA) is 108 Å². The minimum atomic E-state index is -0.466. The summed E-state index contributed by atoms with van der Waals surface area (Å²) >= 11 is 5.62. The first-order chi connectivity index (χ1) is 14.7. The Morgan fingerprint density at radius 1 is 1.42 bits per heavy atom. The molecule has 0 saturated carbocycles. The van der Waals surface area contributed by atoms with Gasteiger partial charge in [0, 0.05) is 35.6 Å². The molecule has 3 rings (SSSR count). The van der Waals surface area contributed by atoms with Crippen molar-refractivity contribution in [3.63, 3.8) is 0 Å². The smallest absolute Gasteiger partial charge is 0.272 e. The molecule has 2 N–H and O–H groups in total. The van der Waals surface area contributed by atoms with E-state index in [9.17, 15) is 4.79 Å². The van der Waals surface area contributed by atoms with E-state index in [-0.39, 0.29) is 11.7 Å². The van der Waals surface area contributed by atoms with E-state index in [0.29, 0.717) is 33.9 Å². The van der Waals surface area contributed by atoms with Gasteiger partial charge in [-0.2, -0.15) is 0 Å². The number of hydrogen-bond donors (Lipinski definition) is 1. The van der Waals surface area contributed by atoms with E-state index in [1.165, 1.54) is 0 Å². The van der Waals surface area contributed by atoms with Crippen LogP contribution < -0.4 is 15.2 Å². The first-order valence-electron chi connectivity index (χ1n) is 9.26. The standard InChI is InChI=1S/C20H22BrIN6O3/c1-11(31-15-8-12(22)9-25-18(15)23)13-6-5-7-24-17(13)20(29)27(2)10-14-16(21)19(30-4)26-28(14)3/h5-9,11H,10H2,1-4H3,(H2,23,25). The molecule has 1 unspecified atom stereocenters. The highest BCUT2D eigenvalue weighted by molar-refractivity contribution is 14.1. The lowest BCUT2D eigenvalue weighted by atomic mass is 10.1. The van der Waals surface area contributed by atoms with Crippen LogP contribution in [0.5, 0.6) is 11.6 Å². The van der Waals surface area contributed by atoms with Crippen LogP contribution >= 0.6 is 38.5 Å². The Labute approximate surface area is 202 Å². The highest BCUT2D eigenvalue weighted by atomic mass is 127. The molecule has 3 aromatic rings. The van der Waals surface area contributed by atoms with Gasteiger partial charge in [0.25, 0.3) is 5.91 Å². The maximum atomic E-state index is 13.2. The molecule has 164 valence electrons. The Morgan fingerprint density at radius 3 is 2.84 bits per heavy atom. The quantitative estimate of drug-likeness (QED) is 0.413. The van der Waals surface area contributed by atoms with Gasteiger partial charge < -0.3 is 20.1 Å². The van der Waals surface area contributed by atoms with Crippen LogP contribution in [0.25, 0.3) is 0 Å². The van der Waals surface area contributed by atoms with Crippen LogP contribution in [0.4, 0.5) is 5.82 Å². The monoisotopic (exact) mass is 600 g/mol. The zero-order valence-corrected chi connectivity index (χ0v) is 21.2. The van der Waals surface area contributed by atoms with Gasteiger partial charge in [-0.05, 0) is 57.6 Å². The highest BCUT2D eigenvalue weighted by Crippen LogP contribution is 2.30. The Kier molecular flexibility index (Phi) is 7.36. The third kappa shape index (κ3) is 5.09. The Balaban J connectivity index is 1.84. The second kappa shape index (κ2) is 9.81. The van der Waals surface area contributed by atoms with E-state index in [1.54, 1.807) is 55.3 Å². The van der Waals surface area contributed by atoms with Crippen LogP contribution in [0.15, 0.2) is 35.1 Å². The number of carbonyl (C=O) groups excluding carboxylic acids is 1. The number of halogens is 2.